The highest BCUT2D eigenvalue weighted by atomic mass is 16.7. The number of imidazole rings is 1. The van der Waals surface area contributed by atoms with Crippen LogP contribution in [0.4, 0.5) is 0 Å². The maximum absolute atomic E-state index is 5.93. The molecule has 7 nitrogen and oxygen atoms in total. The number of aryl methyl sites for hydroxylation is 1. The summed E-state index contributed by atoms with van der Waals surface area (Å²) < 4.78 is 24.3. The fourth-order valence-electron chi connectivity index (χ4n) is 3.41. The molecule has 0 unspecified atom stereocenters. The summed E-state index contributed by atoms with van der Waals surface area (Å²) in [4.78, 5) is 4.19. The summed E-state index contributed by atoms with van der Waals surface area (Å²) in [5, 5.41) is 3.63. The van der Waals surface area contributed by atoms with Crippen LogP contribution in [0, 0.1) is 0 Å². The van der Waals surface area contributed by atoms with E-state index in [9.17, 15) is 0 Å². The quantitative estimate of drug-likeness (QED) is 0.896. The average Bonchev–Trinajstić information content (AvgIpc) is 3.28. The Bertz CT molecular complexity index is 746. The van der Waals surface area contributed by atoms with E-state index in [2.05, 4.69) is 10.3 Å². The average molecular weight is 345 g/mol. The van der Waals surface area contributed by atoms with Crippen LogP contribution in [-0.2, 0) is 18.3 Å². The van der Waals surface area contributed by atoms with Crippen molar-refractivity contribution in [2.24, 2.45) is 7.05 Å². The Morgan fingerprint density at radius 3 is 3.08 bits per heavy atom. The minimum atomic E-state index is 0.0880. The minimum absolute atomic E-state index is 0.0880. The highest BCUT2D eigenvalue weighted by Crippen LogP contribution is 2.41. The number of rotatable bonds is 5. The Kier molecular flexibility index (Phi) is 4.50. The summed E-state index contributed by atoms with van der Waals surface area (Å²) in [6.07, 6.45) is 5.71. The second kappa shape index (κ2) is 6.93. The van der Waals surface area contributed by atoms with Gasteiger partial charge in [-0.2, -0.15) is 0 Å². The second-order valence-electron chi connectivity index (χ2n) is 6.42. The zero-order chi connectivity index (χ0) is 17.2. The van der Waals surface area contributed by atoms with Crippen molar-refractivity contribution in [2.45, 2.75) is 31.5 Å². The van der Waals surface area contributed by atoms with Gasteiger partial charge in [-0.15, -0.1) is 0 Å². The SMILES string of the molecule is COc1cc(CN[C@@H]2CCO[C@@H](c3cncn3C)C2)cc2c1OCO2. The van der Waals surface area contributed by atoms with E-state index in [0.717, 1.165) is 43.0 Å². The summed E-state index contributed by atoms with van der Waals surface area (Å²) in [5.41, 5.74) is 2.24. The molecule has 2 aromatic rings. The van der Waals surface area contributed by atoms with Gasteiger partial charge in [0.05, 0.1) is 25.3 Å². The Balaban J connectivity index is 1.41. The van der Waals surface area contributed by atoms with Crippen molar-refractivity contribution in [3.05, 3.63) is 35.9 Å². The monoisotopic (exact) mass is 345 g/mol. The number of hydrogen-bond donors (Lipinski definition) is 1. The molecule has 2 aliphatic rings. The third-order valence-corrected chi connectivity index (χ3v) is 4.78. The molecule has 4 rings (SSSR count). The van der Waals surface area contributed by atoms with Gasteiger partial charge in [0.25, 0.3) is 0 Å². The molecule has 0 aliphatic carbocycles. The van der Waals surface area contributed by atoms with Crippen LogP contribution in [0.2, 0.25) is 0 Å². The van der Waals surface area contributed by atoms with Gasteiger partial charge < -0.3 is 28.8 Å². The molecule has 0 spiro atoms. The van der Waals surface area contributed by atoms with Crippen molar-refractivity contribution in [2.75, 3.05) is 20.5 Å². The lowest BCUT2D eigenvalue weighted by Crippen LogP contribution is -2.36. The fraction of sp³-hybridized carbons (Fsp3) is 0.500. The zero-order valence-corrected chi connectivity index (χ0v) is 14.5. The van der Waals surface area contributed by atoms with Crippen molar-refractivity contribution in [3.8, 4) is 17.2 Å². The molecule has 1 aromatic heterocycles. The summed E-state index contributed by atoms with van der Waals surface area (Å²) in [6, 6.07) is 4.40. The topological polar surface area (TPSA) is 66.8 Å². The van der Waals surface area contributed by atoms with E-state index in [4.69, 9.17) is 18.9 Å². The first-order valence-corrected chi connectivity index (χ1v) is 8.52. The van der Waals surface area contributed by atoms with Crippen molar-refractivity contribution in [3.63, 3.8) is 0 Å². The summed E-state index contributed by atoms with van der Waals surface area (Å²) in [6.45, 7) is 1.74. The van der Waals surface area contributed by atoms with Crippen LogP contribution in [0.5, 0.6) is 17.2 Å². The van der Waals surface area contributed by atoms with E-state index in [0.29, 0.717) is 17.5 Å². The van der Waals surface area contributed by atoms with E-state index in [1.54, 1.807) is 7.11 Å². The molecule has 1 N–H and O–H groups in total. The molecule has 3 heterocycles. The molecule has 1 saturated heterocycles. The lowest BCUT2D eigenvalue weighted by molar-refractivity contribution is -0.00404. The van der Waals surface area contributed by atoms with E-state index in [1.807, 2.05) is 36.3 Å². The Morgan fingerprint density at radius 2 is 2.28 bits per heavy atom. The molecule has 0 bridgehead atoms. The largest absolute Gasteiger partial charge is 0.493 e. The predicted molar refractivity (Wildman–Crippen MR) is 90.9 cm³/mol. The van der Waals surface area contributed by atoms with Crippen molar-refractivity contribution in [1.29, 1.82) is 0 Å². The number of hydrogen-bond acceptors (Lipinski definition) is 6. The molecule has 1 fully saturated rings. The van der Waals surface area contributed by atoms with Gasteiger partial charge in [-0.25, -0.2) is 4.98 Å². The third kappa shape index (κ3) is 3.29. The maximum atomic E-state index is 5.93. The van der Waals surface area contributed by atoms with Crippen molar-refractivity contribution in [1.82, 2.24) is 14.9 Å². The minimum Gasteiger partial charge on any atom is -0.493 e. The Labute approximate surface area is 146 Å². The molecule has 2 aliphatic heterocycles. The van der Waals surface area contributed by atoms with Crippen LogP contribution >= 0.6 is 0 Å². The van der Waals surface area contributed by atoms with Gasteiger partial charge >= 0.3 is 0 Å². The van der Waals surface area contributed by atoms with E-state index < -0.39 is 0 Å². The van der Waals surface area contributed by atoms with E-state index >= 15 is 0 Å². The highest BCUT2D eigenvalue weighted by Gasteiger charge is 2.26. The Morgan fingerprint density at radius 1 is 1.36 bits per heavy atom. The van der Waals surface area contributed by atoms with Gasteiger partial charge in [0.1, 0.15) is 6.10 Å². The summed E-state index contributed by atoms with van der Waals surface area (Å²) in [7, 11) is 3.65. The first-order valence-electron chi connectivity index (χ1n) is 8.52. The molecule has 0 saturated carbocycles. The smallest absolute Gasteiger partial charge is 0.231 e. The van der Waals surface area contributed by atoms with Gasteiger partial charge in [0.15, 0.2) is 11.5 Å². The van der Waals surface area contributed by atoms with Crippen LogP contribution in [0.15, 0.2) is 24.7 Å². The summed E-state index contributed by atoms with van der Waals surface area (Å²) >= 11 is 0. The van der Waals surface area contributed by atoms with E-state index in [-0.39, 0.29) is 12.9 Å². The normalized spacial score (nSPS) is 22.2. The molecular formula is C18H23N3O4. The molecule has 0 amide bonds. The maximum Gasteiger partial charge on any atom is 0.231 e. The standard InChI is InChI=1S/C18H23N3O4/c1-21-10-19-9-14(21)15-7-13(3-4-23-15)20-8-12-5-16(22-2)18-17(6-12)24-11-25-18/h5-6,9-10,13,15,20H,3-4,7-8,11H2,1-2H3/t13-,15-/m1/s1. The van der Waals surface area contributed by atoms with Crippen LogP contribution in [0.1, 0.15) is 30.2 Å². The number of aromatic nitrogens is 2. The van der Waals surface area contributed by atoms with Crippen molar-refractivity contribution < 1.29 is 18.9 Å². The number of benzene rings is 1. The molecule has 7 heteroatoms. The number of nitrogens with one attached hydrogen (secondary N) is 1. The van der Waals surface area contributed by atoms with Crippen LogP contribution in [0.3, 0.4) is 0 Å². The molecule has 1 aromatic carbocycles. The molecule has 25 heavy (non-hydrogen) atoms. The Hall–Kier alpha value is -2.25. The number of ether oxygens (including phenoxy) is 4. The van der Waals surface area contributed by atoms with Gasteiger partial charge in [-0.3, -0.25) is 0 Å². The first kappa shape index (κ1) is 16.2. The van der Waals surface area contributed by atoms with E-state index in [1.165, 1.54) is 0 Å². The third-order valence-electron chi connectivity index (χ3n) is 4.78. The molecule has 2 atom stereocenters. The molecule has 134 valence electrons. The van der Waals surface area contributed by atoms with Gasteiger partial charge in [0, 0.05) is 26.2 Å². The van der Waals surface area contributed by atoms with Crippen LogP contribution < -0.4 is 19.5 Å². The number of methoxy groups -OCH3 is 1. The van der Waals surface area contributed by atoms with Gasteiger partial charge in [-0.05, 0) is 30.5 Å². The molecular weight excluding hydrogens is 322 g/mol. The van der Waals surface area contributed by atoms with Crippen molar-refractivity contribution >= 4 is 0 Å². The van der Waals surface area contributed by atoms with Gasteiger partial charge in [-0.1, -0.05) is 0 Å². The lowest BCUT2D eigenvalue weighted by atomic mass is 10.0. The first-order chi connectivity index (χ1) is 12.2. The number of fused-ring (bicyclic) bond motifs is 1. The zero-order valence-electron chi connectivity index (χ0n) is 14.5. The lowest BCUT2D eigenvalue weighted by Gasteiger charge is -2.30. The second-order valence-corrected chi connectivity index (χ2v) is 6.42. The van der Waals surface area contributed by atoms with Gasteiger partial charge in [0.2, 0.25) is 12.5 Å². The fourth-order valence-corrected chi connectivity index (χ4v) is 3.41. The predicted octanol–water partition coefficient (Wildman–Crippen LogP) is 2.17. The van der Waals surface area contributed by atoms with Crippen LogP contribution in [-0.4, -0.2) is 36.1 Å². The number of nitrogens with zero attached hydrogens (tertiary/aromatic N) is 2. The van der Waals surface area contributed by atoms with Crippen LogP contribution in [0.25, 0.3) is 0 Å². The molecule has 0 radical (unpaired) electrons. The summed E-state index contributed by atoms with van der Waals surface area (Å²) in [5.74, 6) is 2.15. The highest BCUT2D eigenvalue weighted by molar-refractivity contribution is 5.55.